The first-order chi connectivity index (χ1) is 18.2. The molecule has 1 N–H and O–H groups in total. The monoisotopic (exact) mass is 537 g/mol. The van der Waals surface area contributed by atoms with E-state index in [9.17, 15) is 18.0 Å². The highest BCUT2D eigenvalue weighted by molar-refractivity contribution is 7.92. The number of ether oxygens (including phenoxy) is 1. The predicted molar refractivity (Wildman–Crippen MR) is 150 cm³/mol. The zero-order chi connectivity index (χ0) is 27.7. The summed E-state index contributed by atoms with van der Waals surface area (Å²) in [5, 5.41) is 2.85. The molecule has 0 spiro atoms. The van der Waals surface area contributed by atoms with Gasteiger partial charge in [-0.25, -0.2) is 8.42 Å². The van der Waals surface area contributed by atoms with Gasteiger partial charge in [0.05, 0.1) is 19.1 Å². The van der Waals surface area contributed by atoms with Crippen molar-refractivity contribution in [3.8, 4) is 5.75 Å². The van der Waals surface area contributed by atoms with Gasteiger partial charge in [-0.15, -0.1) is 0 Å². The third kappa shape index (κ3) is 7.35. The molecular formula is C29H35N3O5S. The molecule has 2 amide bonds. The van der Waals surface area contributed by atoms with Crippen molar-refractivity contribution < 1.29 is 22.7 Å². The minimum absolute atomic E-state index is 0.143. The summed E-state index contributed by atoms with van der Waals surface area (Å²) >= 11 is 0. The van der Waals surface area contributed by atoms with Crippen molar-refractivity contribution in [3.05, 3.63) is 95.6 Å². The van der Waals surface area contributed by atoms with Crippen molar-refractivity contribution in [2.24, 2.45) is 0 Å². The maximum atomic E-state index is 14.0. The number of likely N-dealkylation sites (N-methyl/N-ethyl adjacent to an activating group) is 1. The van der Waals surface area contributed by atoms with Crippen LogP contribution >= 0.6 is 0 Å². The van der Waals surface area contributed by atoms with Gasteiger partial charge in [0.25, 0.3) is 0 Å². The molecule has 0 fully saturated rings. The van der Waals surface area contributed by atoms with Gasteiger partial charge in [-0.3, -0.25) is 13.9 Å². The van der Waals surface area contributed by atoms with E-state index in [2.05, 4.69) is 5.32 Å². The summed E-state index contributed by atoms with van der Waals surface area (Å²) in [5.41, 5.74) is 2.96. The molecule has 202 valence electrons. The van der Waals surface area contributed by atoms with Crippen LogP contribution in [0, 0.1) is 6.92 Å². The molecule has 9 heteroatoms. The largest absolute Gasteiger partial charge is 0.495 e. The number of methoxy groups -OCH3 is 1. The molecule has 0 aliphatic rings. The number of hydrogen-bond donors (Lipinski definition) is 1. The molecule has 0 aromatic heterocycles. The topological polar surface area (TPSA) is 96.0 Å². The summed E-state index contributed by atoms with van der Waals surface area (Å²) in [7, 11) is -2.43. The maximum Gasteiger partial charge on any atom is 0.244 e. The zero-order valence-corrected chi connectivity index (χ0v) is 23.1. The Morgan fingerprint density at radius 2 is 1.58 bits per heavy atom. The molecule has 0 saturated carbocycles. The summed E-state index contributed by atoms with van der Waals surface area (Å²) < 4.78 is 32.2. The lowest BCUT2D eigenvalue weighted by Crippen LogP contribution is -2.53. The Labute approximate surface area is 225 Å². The number of hydrogen-bond acceptors (Lipinski definition) is 5. The molecular weight excluding hydrogens is 502 g/mol. The number of carbonyl (C=O) groups is 2. The Balaban J connectivity index is 2.07. The zero-order valence-electron chi connectivity index (χ0n) is 22.3. The Hall–Kier alpha value is -3.85. The summed E-state index contributed by atoms with van der Waals surface area (Å²) in [5.74, 6) is -0.487. The second-order valence-electron chi connectivity index (χ2n) is 8.99. The molecule has 0 aliphatic heterocycles. The number of aryl methyl sites for hydroxylation is 1. The number of para-hydroxylation sites is 2. The van der Waals surface area contributed by atoms with Crippen LogP contribution in [-0.4, -0.2) is 57.6 Å². The van der Waals surface area contributed by atoms with Crippen molar-refractivity contribution in [3.63, 3.8) is 0 Å². The summed E-state index contributed by atoms with van der Waals surface area (Å²) in [6.45, 7) is 3.80. The molecule has 0 unspecified atom stereocenters. The number of nitrogens with one attached hydrogen (secondary N) is 1. The highest BCUT2D eigenvalue weighted by Gasteiger charge is 2.33. The molecule has 1 atom stereocenters. The summed E-state index contributed by atoms with van der Waals surface area (Å²) in [4.78, 5) is 28.9. The molecule has 0 radical (unpaired) electrons. The Morgan fingerprint density at radius 3 is 2.21 bits per heavy atom. The fraction of sp³-hybridized carbons (Fsp3) is 0.310. The first-order valence-corrected chi connectivity index (χ1v) is 14.3. The van der Waals surface area contributed by atoms with Crippen LogP contribution in [-0.2, 0) is 32.6 Å². The second kappa shape index (κ2) is 13.1. The lowest BCUT2D eigenvalue weighted by molar-refractivity contribution is -0.140. The van der Waals surface area contributed by atoms with Gasteiger partial charge >= 0.3 is 0 Å². The highest BCUT2D eigenvalue weighted by atomic mass is 32.2. The standard InChI is InChI=1S/C29H35N3O5S/c1-5-30-29(34)26(19-23-14-7-6-8-15-23)31(20-24-16-10-9-13-22(24)2)28(33)21-32(38(4,35)36)25-17-11-12-18-27(25)37-3/h6-18,26H,5,19-21H2,1-4H3,(H,30,34)/t26-/m0/s1. The summed E-state index contributed by atoms with van der Waals surface area (Å²) in [6, 6.07) is 22.8. The van der Waals surface area contributed by atoms with E-state index in [1.165, 1.54) is 12.0 Å². The number of nitrogens with zero attached hydrogens (tertiary/aromatic N) is 2. The van der Waals surface area contributed by atoms with E-state index in [1.54, 1.807) is 24.3 Å². The van der Waals surface area contributed by atoms with Gasteiger partial charge in [-0.1, -0.05) is 66.7 Å². The van der Waals surface area contributed by atoms with Crippen LogP contribution in [0.3, 0.4) is 0 Å². The van der Waals surface area contributed by atoms with Gasteiger partial charge in [0.2, 0.25) is 21.8 Å². The minimum atomic E-state index is -3.87. The smallest absolute Gasteiger partial charge is 0.244 e. The summed E-state index contributed by atoms with van der Waals surface area (Å²) in [6.07, 6.45) is 1.32. The Bertz CT molecular complexity index is 1350. The predicted octanol–water partition coefficient (Wildman–Crippen LogP) is 3.55. The van der Waals surface area contributed by atoms with Crippen molar-refractivity contribution in [1.29, 1.82) is 0 Å². The maximum absolute atomic E-state index is 14.0. The SMILES string of the molecule is CCNC(=O)[C@H](Cc1ccccc1)N(Cc1ccccc1C)C(=O)CN(c1ccccc1OC)S(C)(=O)=O. The van der Waals surface area contributed by atoms with Gasteiger partial charge in [0, 0.05) is 19.5 Å². The Morgan fingerprint density at radius 1 is 0.947 bits per heavy atom. The van der Waals surface area contributed by atoms with Crippen LogP contribution in [0.2, 0.25) is 0 Å². The number of benzene rings is 3. The van der Waals surface area contributed by atoms with E-state index in [1.807, 2.05) is 68.4 Å². The van der Waals surface area contributed by atoms with Crippen LogP contribution in [0.15, 0.2) is 78.9 Å². The van der Waals surface area contributed by atoms with E-state index >= 15 is 0 Å². The molecule has 38 heavy (non-hydrogen) atoms. The molecule has 0 bridgehead atoms. The fourth-order valence-electron chi connectivity index (χ4n) is 4.25. The minimum Gasteiger partial charge on any atom is -0.495 e. The first kappa shape index (κ1) is 28.7. The number of rotatable bonds is 12. The molecule has 3 aromatic carbocycles. The molecule has 0 aliphatic carbocycles. The van der Waals surface area contributed by atoms with Crippen LogP contribution in [0.25, 0.3) is 0 Å². The lowest BCUT2D eigenvalue weighted by Gasteiger charge is -2.34. The lowest BCUT2D eigenvalue weighted by atomic mass is 10.0. The van der Waals surface area contributed by atoms with Gasteiger partial charge < -0.3 is 15.0 Å². The van der Waals surface area contributed by atoms with Crippen LogP contribution in [0.5, 0.6) is 5.75 Å². The van der Waals surface area contributed by atoms with Crippen molar-refractivity contribution in [2.75, 3.05) is 30.8 Å². The Kier molecular flexibility index (Phi) is 9.90. The number of carbonyl (C=O) groups excluding carboxylic acids is 2. The van der Waals surface area contributed by atoms with E-state index in [4.69, 9.17) is 4.74 Å². The number of amides is 2. The third-order valence-corrected chi connectivity index (χ3v) is 7.38. The first-order valence-electron chi connectivity index (χ1n) is 12.4. The van der Waals surface area contributed by atoms with Crippen molar-refractivity contribution in [1.82, 2.24) is 10.2 Å². The number of anilines is 1. The van der Waals surface area contributed by atoms with Crippen LogP contribution < -0.4 is 14.4 Å². The molecule has 0 saturated heterocycles. The van der Waals surface area contributed by atoms with E-state index < -0.39 is 28.5 Å². The fourth-order valence-corrected chi connectivity index (χ4v) is 5.10. The van der Waals surface area contributed by atoms with Crippen molar-refractivity contribution in [2.45, 2.75) is 32.9 Å². The highest BCUT2D eigenvalue weighted by Crippen LogP contribution is 2.30. The van der Waals surface area contributed by atoms with E-state index in [-0.39, 0.29) is 24.6 Å². The molecule has 8 nitrogen and oxygen atoms in total. The van der Waals surface area contributed by atoms with Gasteiger partial charge in [-0.2, -0.15) is 0 Å². The van der Waals surface area contributed by atoms with Crippen LogP contribution in [0.4, 0.5) is 5.69 Å². The van der Waals surface area contributed by atoms with Crippen molar-refractivity contribution >= 4 is 27.5 Å². The normalized spacial score (nSPS) is 11.9. The number of sulfonamides is 1. The third-order valence-electron chi connectivity index (χ3n) is 6.26. The van der Waals surface area contributed by atoms with Gasteiger partial charge in [0.15, 0.2) is 0 Å². The van der Waals surface area contributed by atoms with Gasteiger partial charge in [-0.05, 0) is 42.7 Å². The quantitative estimate of drug-likeness (QED) is 0.381. The second-order valence-corrected chi connectivity index (χ2v) is 10.9. The average Bonchev–Trinajstić information content (AvgIpc) is 2.90. The molecule has 3 aromatic rings. The molecule has 3 rings (SSSR count). The van der Waals surface area contributed by atoms with Gasteiger partial charge in [0.1, 0.15) is 18.3 Å². The van der Waals surface area contributed by atoms with Crippen LogP contribution in [0.1, 0.15) is 23.6 Å². The van der Waals surface area contributed by atoms with E-state index in [0.717, 1.165) is 27.3 Å². The molecule has 0 heterocycles. The van der Waals surface area contributed by atoms with E-state index in [0.29, 0.717) is 12.3 Å². The average molecular weight is 538 g/mol.